The number of rotatable bonds is 6. The Labute approximate surface area is 112 Å². The fraction of sp³-hybridized carbons (Fsp3) is 1.00. The van der Waals surface area contributed by atoms with Gasteiger partial charge >= 0.3 is 17.6 Å². The zero-order valence-electron chi connectivity index (χ0n) is 11.1. The molecule has 0 unspecified atom stereocenters. The Kier molecular flexibility index (Phi) is 57.2. The third kappa shape index (κ3) is 63.0. The van der Waals surface area contributed by atoms with Crippen LogP contribution < -0.4 is 15.3 Å². The largest absolute Gasteiger partial charge is 3.00 e. The predicted molar refractivity (Wildman–Crippen MR) is 65.1 cm³/mol. The van der Waals surface area contributed by atoms with E-state index in [1.54, 1.807) is 0 Å². The van der Waals surface area contributed by atoms with Crippen LogP contribution in [0.4, 0.5) is 0 Å². The molecule has 3 nitrogen and oxygen atoms in total. The van der Waals surface area contributed by atoms with Crippen molar-refractivity contribution in [1.29, 1.82) is 0 Å². The van der Waals surface area contributed by atoms with Gasteiger partial charge in [0.05, 0.1) is 0 Å². The Hall–Kier alpha value is 0.423. The molecule has 0 amide bonds. The van der Waals surface area contributed by atoms with Crippen LogP contribution in [0.2, 0.25) is 0 Å². The maximum Gasteiger partial charge on any atom is 3.00 e. The van der Waals surface area contributed by atoms with Crippen LogP contribution in [-0.4, -0.2) is 37.4 Å². The molecule has 0 heterocycles. The van der Waals surface area contributed by atoms with Crippen molar-refractivity contribution in [2.75, 3.05) is 19.8 Å². The second-order valence-corrected chi connectivity index (χ2v) is 3.17. The third-order valence-electron chi connectivity index (χ3n) is 1.49. The van der Waals surface area contributed by atoms with Gasteiger partial charge in [0.25, 0.3) is 0 Å². The number of unbranched alkanes of at least 4 members (excludes halogenated alkanes) is 3. The minimum absolute atomic E-state index is 0. The van der Waals surface area contributed by atoms with E-state index in [0.29, 0.717) is 0 Å². The van der Waals surface area contributed by atoms with E-state index in [-0.39, 0.29) is 37.4 Å². The van der Waals surface area contributed by atoms with Crippen molar-refractivity contribution in [2.45, 2.75) is 59.3 Å². The van der Waals surface area contributed by atoms with E-state index >= 15 is 0 Å². The van der Waals surface area contributed by atoms with Crippen LogP contribution in [0.5, 0.6) is 0 Å². The molecule has 0 fully saturated rings. The first-order valence-corrected chi connectivity index (χ1v) is 5.99. The molecule has 1 radical (unpaired) electrons. The second kappa shape index (κ2) is 36.1. The van der Waals surface area contributed by atoms with Gasteiger partial charge in [0.1, 0.15) is 0 Å². The second-order valence-electron chi connectivity index (χ2n) is 3.17. The molecule has 0 aliphatic carbocycles. The van der Waals surface area contributed by atoms with Gasteiger partial charge in [0, 0.05) is 0 Å². The third-order valence-corrected chi connectivity index (χ3v) is 1.49. The molecular formula is C12H27GeO3. The molecule has 0 aliphatic rings. The van der Waals surface area contributed by atoms with Crippen molar-refractivity contribution in [1.82, 2.24) is 0 Å². The molecular weight excluding hydrogens is 265 g/mol. The minimum Gasteiger partial charge on any atom is -0.854 e. The summed E-state index contributed by atoms with van der Waals surface area (Å²) in [6.07, 6.45) is 5.59. The fourth-order valence-electron chi connectivity index (χ4n) is 0.433. The van der Waals surface area contributed by atoms with Crippen LogP contribution in [-0.2, 0) is 0 Å². The zero-order chi connectivity index (χ0) is 12.4. The van der Waals surface area contributed by atoms with Gasteiger partial charge in [-0.25, -0.2) is 0 Å². The van der Waals surface area contributed by atoms with E-state index in [1.165, 1.54) is 0 Å². The molecule has 0 N–H and O–H groups in total. The summed E-state index contributed by atoms with van der Waals surface area (Å²) in [5, 5.41) is 28.6. The smallest absolute Gasteiger partial charge is 0.854 e. The summed E-state index contributed by atoms with van der Waals surface area (Å²) in [6.45, 7) is 6.32. The number of hydrogen-bond donors (Lipinski definition) is 0. The van der Waals surface area contributed by atoms with E-state index < -0.39 is 0 Å². The van der Waals surface area contributed by atoms with Crippen LogP contribution in [0.3, 0.4) is 0 Å². The van der Waals surface area contributed by atoms with Gasteiger partial charge in [-0.05, 0) is 0 Å². The van der Waals surface area contributed by atoms with Crippen LogP contribution in [0.15, 0.2) is 0 Å². The van der Waals surface area contributed by atoms with E-state index in [2.05, 4.69) is 0 Å². The van der Waals surface area contributed by atoms with Gasteiger partial charge in [-0.2, -0.15) is 0 Å². The Bertz CT molecular complexity index is 53.0. The van der Waals surface area contributed by atoms with Gasteiger partial charge in [-0.15, -0.1) is 19.8 Å². The van der Waals surface area contributed by atoms with Crippen molar-refractivity contribution >= 4 is 17.6 Å². The number of hydrogen-bond acceptors (Lipinski definition) is 3. The molecule has 0 bridgehead atoms. The average Bonchev–Trinajstić information content (AvgIpc) is 2.23. The fourth-order valence-corrected chi connectivity index (χ4v) is 0.433. The first kappa shape index (κ1) is 25.3. The summed E-state index contributed by atoms with van der Waals surface area (Å²) >= 11 is 0. The van der Waals surface area contributed by atoms with Crippen LogP contribution in [0.1, 0.15) is 59.3 Å². The molecule has 4 heteroatoms. The standard InChI is InChI=1S/3C4H9O.Ge/c3*1-2-3-4-5;/h3*2-4H2,1H3;/q3*-1;+3. The molecule has 0 spiro atoms. The molecule has 0 rings (SSSR count). The molecule has 97 valence electrons. The van der Waals surface area contributed by atoms with Gasteiger partial charge in [0.2, 0.25) is 0 Å². The first-order chi connectivity index (χ1) is 7.24. The van der Waals surface area contributed by atoms with Gasteiger partial charge in [0.15, 0.2) is 0 Å². The molecule has 16 heavy (non-hydrogen) atoms. The molecule has 0 aromatic heterocycles. The van der Waals surface area contributed by atoms with Crippen LogP contribution in [0.25, 0.3) is 0 Å². The Morgan fingerprint density at radius 1 is 0.562 bits per heavy atom. The first-order valence-electron chi connectivity index (χ1n) is 5.99. The molecule has 0 aliphatic heterocycles. The van der Waals surface area contributed by atoms with E-state index in [4.69, 9.17) is 0 Å². The molecule has 0 atom stereocenters. The summed E-state index contributed by atoms with van der Waals surface area (Å²) in [4.78, 5) is 0. The maximum absolute atomic E-state index is 9.53. The van der Waals surface area contributed by atoms with Crippen LogP contribution in [0, 0.1) is 0 Å². The molecule has 0 saturated carbocycles. The summed E-state index contributed by atoms with van der Waals surface area (Å²) < 4.78 is 0. The van der Waals surface area contributed by atoms with Crippen molar-refractivity contribution in [2.24, 2.45) is 0 Å². The molecule has 0 aromatic carbocycles. The van der Waals surface area contributed by atoms with Crippen molar-refractivity contribution in [3.05, 3.63) is 0 Å². The summed E-state index contributed by atoms with van der Waals surface area (Å²) in [5.41, 5.74) is 0. The van der Waals surface area contributed by atoms with Crippen molar-refractivity contribution in [3.63, 3.8) is 0 Å². The van der Waals surface area contributed by atoms with Gasteiger partial charge in [-0.1, -0.05) is 59.3 Å². The van der Waals surface area contributed by atoms with E-state index in [0.717, 1.165) is 38.5 Å². The quantitative estimate of drug-likeness (QED) is 0.650. The molecule has 0 saturated heterocycles. The summed E-state index contributed by atoms with van der Waals surface area (Å²) in [6, 6.07) is 0. The minimum atomic E-state index is 0. The zero-order valence-corrected chi connectivity index (χ0v) is 13.2. The van der Waals surface area contributed by atoms with Crippen molar-refractivity contribution < 1.29 is 15.3 Å². The summed E-state index contributed by atoms with van der Waals surface area (Å²) in [7, 11) is 0. The van der Waals surface area contributed by atoms with Gasteiger partial charge < -0.3 is 15.3 Å². The topological polar surface area (TPSA) is 69.2 Å². The van der Waals surface area contributed by atoms with E-state index in [9.17, 15) is 15.3 Å². The normalized spacial score (nSPS) is 7.88. The monoisotopic (exact) mass is 293 g/mol. The van der Waals surface area contributed by atoms with Gasteiger partial charge in [-0.3, -0.25) is 0 Å². The average molecular weight is 292 g/mol. The summed E-state index contributed by atoms with van der Waals surface area (Å²) in [5.74, 6) is 0. The van der Waals surface area contributed by atoms with Crippen molar-refractivity contribution in [3.8, 4) is 0 Å². The SMILES string of the molecule is CCCC[O-].CCCC[O-].CCCC[O-].[Ge+3]. The predicted octanol–water partition coefficient (Wildman–Crippen LogP) is 0.0596. The Morgan fingerprint density at radius 2 is 0.750 bits per heavy atom. The Balaban J connectivity index is -0.0000000655. The van der Waals surface area contributed by atoms with E-state index in [1.807, 2.05) is 20.8 Å². The Morgan fingerprint density at radius 3 is 0.750 bits per heavy atom. The van der Waals surface area contributed by atoms with Crippen LogP contribution >= 0.6 is 0 Å². The molecule has 0 aromatic rings. The maximum atomic E-state index is 9.53.